The highest BCUT2D eigenvalue weighted by molar-refractivity contribution is 7.85. The molecule has 0 radical (unpaired) electrons. The molecular weight excluding hydrogens is 383 g/mol. The van der Waals surface area contributed by atoms with Gasteiger partial charge in [-0.1, -0.05) is 59.7 Å². The molecule has 0 aliphatic carbocycles. The third-order valence-corrected chi connectivity index (χ3v) is 8.12. The first kappa shape index (κ1) is 19.6. The summed E-state index contributed by atoms with van der Waals surface area (Å²) in [5, 5.41) is 2.20. The van der Waals surface area contributed by atoms with Crippen LogP contribution in [0.15, 0.2) is 60.7 Å². The highest BCUT2D eigenvalue weighted by Gasteiger charge is 2.38. The van der Waals surface area contributed by atoms with E-state index in [9.17, 15) is 4.57 Å². The van der Waals surface area contributed by atoms with Crippen LogP contribution in [0.25, 0.3) is 0 Å². The second-order valence-corrected chi connectivity index (χ2v) is 10.6. The average Bonchev–Trinajstić information content (AvgIpc) is 3.01. The quantitative estimate of drug-likeness (QED) is 0.598. The van der Waals surface area contributed by atoms with Crippen molar-refractivity contribution in [2.24, 2.45) is 0 Å². The van der Waals surface area contributed by atoms with Gasteiger partial charge in [-0.25, -0.2) is 0 Å². The summed E-state index contributed by atoms with van der Waals surface area (Å²) in [5.74, 6) is 0.804. The largest absolute Gasteiger partial charge is 0.493 e. The fraction of sp³-hybridized carbons (Fsp3) is 0.250. The summed E-state index contributed by atoms with van der Waals surface area (Å²) >= 11 is 0. The van der Waals surface area contributed by atoms with E-state index < -0.39 is 12.9 Å². The Morgan fingerprint density at radius 2 is 1.31 bits per heavy atom. The van der Waals surface area contributed by atoms with E-state index in [0.717, 1.165) is 21.7 Å². The standard InChI is InChI=1S/C24H25O4P/c1-16-6-10-18(11-7-16)29(25,19-12-8-17(2)9-13-19)20-14-21(26-5)23-22(15-20)27-24(3,4)28-23/h6-15H,1-5H3. The number of benzene rings is 3. The summed E-state index contributed by atoms with van der Waals surface area (Å²) in [5.41, 5.74) is 2.24. The van der Waals surface area contributed by atoms with Gasteiger partial charge in [-0.2, -0.15) is 0 Å². The second-order valence-electron chi connectivity index (χ2n) is 7.86. The van der Waals surface area contributed by atoms with Gasteiger partial charge in [0.15, 0.2) is 18.6 Å². The number of aryl methyl sites for hydroxylation is 2. The fourth-order valence-corrected chi connectivity index (χ4v) is 6.19. The molecule has 0 saturated carbocycles. The number of fused-ring (bicyclic) bond motifs is 1. The van der Waals surface area contributed by atoms with Gasteiger partial charge in [-0.05, 0) is 26.0 Å². The Labute approximate surface area is 171 Å². The number of rotatable bonds is 4. The Kier molecular flexibility index (Phi) is 4.71. The lowest BCUT2D eigenvalue weighted by molar-refractivity contribution is -0.0439. The number of hydrogen-bond acceptors (Lipinski definition) is 4. The molecule has 0 atom stereocenters. The molecule has 0 spiro atoms. The van der Waals surface area contributed by atoms with Crippen LogP contribution < -0.4 is 30.1 Å². The molecule has 3 aromatic carbocycles. The van der Waals surface area contributed by atoms with Crippen molar-refractivity contribution in [3.63, 3.8) is 0 Å². The van der Waals surface area contributed by atoms with Gasteiger partial charge in [0.05, 0.1) is 7.11 Å². The zero-order valence-electron chi connectivity index (χ0n) is 17.4. The van der Waals surface area contributed by atoms with E-state index in [2.05, 4.69) is 0 Å². The van der Waals surface area contributed by atoms with Gasteiger partial charge >= 0.3 is 0 Å². The van der Waals surface area contributed by atoms with Gasteiger partial charge in [0.1, 0.15) is 0 Å². The summed E-state index contributed by atoms with van der Waals surface area (Å²) in [6.07, 6.45) is 0. The average molecular weight is 408 g/mol. The van der Waals surface area contributed by atoms with Gasteiger partial charge in [0, 0.05) is 29.8 Å². The molecule has 0 bridgehead atoms. The zero-order chi connectivity index (χ0) is 20.8. The van der Waals surface area contributed by atoms with Crippen LogP contribution in [0.5, 0.6) is 17.2 Å². The Hall–Kier alpha value is -2.71. The summed E-state index contributed by atoms with van der Waals surface area (Å²) < 4.78 is 32.1. The monoisotopic (exact) mass is 408 g/mol. The zero-order valence-corrected chi connectivity index (χ0v) is 18.2. The summed E-state index contributed by atoms with van der Waals surface area (Å²) in [4.78, 5) is 0. The maximum absolute atomic E-state index is 14.7. The van der Waals surface area contributed by atoms with Crippen LogP contribution in [0.3, 0.4) is 0 Å². The van der Waals surface area contributed by atoms with Crippen LogP contribution in [0.4, 0.5) is 0 Å². The first-order chi connectivity index (χ1) is 13.7. The van der Waals surface area contributed by atoms with E-state index in [0.29, 0.717) is 22.6 Å². The molecule has 1 aliphatic rings. The van der Waals surface area contributed by atoms with Crippen LogP contribution in [0.2, 0.25) is 0 Å². The molecule has 1 heterocycles. The van der Waals surface area contributed by atoms with E-state index in [-0.39, 0.29) is 0 Å². The highest BCUT2D eigenvalue weighted by atomic mass is 31.2. The summed E-state index contributed by atoms with van der Waals surface area (Å²) in [7, 11) is -1.57. The van der Waals surface area contributed by atoms with Crippen LogP contribution in [-0.4, -0.2) is 12.9 Å². The molecule has 0 unspecified atom stereocenters. The lowest BCUT2D eigenvalue weighted by atomic mass is 10.2. The number of hydrogen-bond donors (Lipinski definition) is 0. The molecule has 0 fully saturated rings. The van der Waals surface area contributed by atoms with Crippen LogP contribution in [0, 0.1) is 13.8 Å². The normalized spacial score (nSPS) is 14.7. The van der Waals surface area contributed by atoms with Crippen LogP contribution >= 0.6 is 7.14 Å². The molecule has 3 aromatic rings. The Morgan fingerprint density at radius 1 is 0.793 bits per heavy atom. The third-order valence-electron chi connectivity index (χ3n) is 5.09. The van der Waals surface area contributed by atoms with Crippen molar-refractivity contribution in [1.82, 2.24) is 0 Å². The van der Waals surface area contributed by atoms with Crippen LogP contribution in [0.1, 0.15) is 25.0 Å². The lowest BCUT2D eigenvalue weighted by Gasteiger charge is -2.21. The van der Waals surface area contributed by atoms with Crippen molar-refractivity contribution in [1.29, 1.82) is 0 Å². The minimum absolute atomic E-state index is 0.516. The van der Waals surface area contributed by atoms with Gasteiger partial charge in [0.25, 0.3) is 0 Å². The highest BCUT2D eigenvalue weighted by Crippen LogP contribution is 2.50. The predicted molar refractivity (Wildman–Crippen MR) is 117 cm³/mol. The second kappa shape index (κ2) is 6.96. The predicted octanol–water partition coefficient (Wildman–Crippen LogP) is 4.46. The van der Waals surface area contributed by atoms with E-state index >= 15 is 0 Å². The van der Waals surface area contributed by atoms with E-state index in [1.165, 1.54) is 0 Å². The summed E-state index contributed by atoms with van der Waals surface area (Å²) in [6, 6.07) is 19.4. The minimum atomic E-state index is -3.15. The number of ether oxygens (including phenoxy) is 3. The molecule has 4 nitrogen and oxygen atoms in total. The van der Waals surface area contributed by atoms with Crippen molar-refractivity contribution < 1.29 is 18.8 Å². The molecule has 1 aliphatic heterocycles. The van der Waals surface area contributed by atoms with Gasteiger partial charge in [0.2, 0.25) is 11.5 Å². The topological polar surface area (TPSA) is 44.8 Å². The Morgan fingerprint density at radius 3 is 1.79 bits per heavy atom. The van der Waals surface area contributed by atoms with Gasteiger partial charge in [-0.15, -0.1) is 0 Å². The first-order valence-corrected chi connectivity index (χ1v) is 11.3. The molecule has 150 valence electrons. The lowest BCUT2D eigenvalue weighted by Crippen LogP contribution is -2.29. The minimum Gasteiger partial charge on any atom is -0.493 e. The Balaban J connectivity index is 1.97. The van der Waals surface area contributed by atoms with Gasteiger partial charge < -0.3 is 18.8 Å². The van der Waals surface area contributed by atoms with Crippen molar-refractivity contribution in [2.45, 2.75) is 33.5 Å². The van der Waals surface area contributed by atoms with Crippen LogP contribution in [-0.2, 0) is 4.57 Å². The SMILES string of the molecule is COc1cc(P(=O)(c2ccc(C)cc2)c2ccc(C)cc2)cc2c1OC(C)(C)O2. The van der Waals surface area contributed by atoms with Crippen molar-refractivity contribution in [3.05, 3.63) is 71.8 Å². The molecule has 0 amide bonds. The fourth-order valence-electron chi connectivity index (χ4n) is 3.56. The molecule has 0 saturated heterocycles. The Bertz CT molecular complexity index is 1050. The maximum atomic E-state index is 14.7. The van der Waals surface area contributed by atoms with Crippen molar-refractivity contribution in [2.75, 3.05) is 7.11 Å². The molecule has 0 aromatic heterocycles. The smallest absolute Gasteiger partial charge is 0.246 e. The molecular formula is C24H25O4P. The summed E-state index contributed by atoms with van der Waals surface area (Å²) in [6.45, 7) is 7.72. The maximum Gasteiger partial charge on any atom is 0.246 e. The van der Waals surface area contributed by atoms with E-state index in [1.807, 2.05) is 88.4 Å². The molecule has 4 rings (SSSR count). The molecule has 29 heavy (non-hydrogen) atoms. The van der Waals surface area contributed by atoms with Crippen molar-refractivity contribution in [3.8, 4) is 17.2 Å². The molecule has 0 N–H and O–H groups in total. The first-order valence-electron chi connectivity index (χ1n) is 9.58. The molecule has 5 heteroatoms. The van der Waals surface area contributed by atoms with Gasteiger partial charge in [-0.3, -0.25) is 0 Å². The van der Waals surface area contributed by atoms with E-state index in [1.54, 1.807) is 7.11 Å². The van der Waals surface area contributed by atoms with Crippen molar-refractivity contribution >= 4 is 23.1 Å². The number of methoxy groups -OCH3 is 1. The van der Waals surface area contributed by atoms with E-state index in [4.69, 9.17) is 14.2 Å². The third kappa shape index (κ3) is 3.42.